The predicted octanol–water partition coefficient (Wildman–Crippen LogP) is 5.67. The first-order valence-electron chi connectivity index (χ1n) is 12.7. The Morgan fingerprint density at radius 1 is 0.838 bits per heavy atom. The molecule has 2 atom stereocenters. The average molecular weight is 488 g/mol. The van der Waals surface area contributed by atoms with Crippen LogP contribution in [0.25, 0.3) is 10.9 Å². The summed E-state index contributed by atoms with van der Waals surface area (Å²) in [5.74, 6) is 0.803. The average Bonchev–Trinajstić information content (AvgIpc) is 3.34. The lowest BCUT2D eigenvalue weighted by Gasteiger charge is -2.31. The normalized spacial score (nSPS) is 16.8. The van der Waals surface area contributed by atoms with E-state index in [1.807, 2.05) is 66.7 Å². The zero-order chi connectivity index (χ0) is 25.0. The van der Waals surface area contributed by atoms with Gasteiger partial charge in [0.15, 0.2) is 0 Å². The third-order valence-corrected chi connectivity index (χ3v) is 6.98. The lowest BCUT2D eigenvalue weighted by Crippen LogP contribution is -2.49. The molecule has 0 fully saturated rings. The van der Waals surface area contributed by atoms with Crippen molar-refractivity contribution in [1.29, 1.82) is 0 Å². The monoisotopic (exact) mass is 487 g/mol. The minimum atomic E-state index is -0.352. The molecule has 1 aromatic heterocycles. The van der Waals surface area contributed by atoms with E-state index in [0.717, 1.165) is 33.7 Å². The van der Waals surface area contributed by atoms with Crippen molar-refractivity contribution in [1.82, 2.24) is 15.6 Å². The van der Waals surface area contributed by atoms with Crippen LogP contribution in [-0.2, 0) is 24.4 Å². The summed E-state index contributed by atoms with van der Waals surface area (Å²) in [6.45, 7) is 1.01. The third kappa shape index (κ3) is 4.99. The fourth-order valence-electron chi connectivity index (χ4n) is 5.10. The number of carbonyl (C=O) groups excluding carboxylic acids is 1. The van der Waals surface area contributed by atoms with Gasteiger partial charge in [-0.3, -0.25) is 10.1 Å². The van der Waals surface area contributed by atoms with Crippen molar-refractivity contribution < 1.29 is 9.53 Å². The van der Waals surface area contributed by atoms with Crippen molar-refractivity contribution in [2.45, 2.75) is 31.7 Å². The van der Waals surface area contributed by atoms with Crippen molar-refractivity contribution in [3.05, 3.63) is 137 Å². The summed E-state index contributed by atoms with van der Waals surface area (Å²) in [4.78, 5) is 17.0. The van der Waals surface area contributed by atoms with Crippen molar-refractivity contribution in [3.8, 4) is 5.75 Å². The van der Waals surface area contributed by atoms with E-state index in [1.54, 1.807) is 0 Å². The molecule has 1 aliphatic rings. The maximum atomic E-state index is 13.3. The van der Waals surface area contributed by atoms with Crippen LogP contribution in [-0.4, -0.2) is 16.9 Å². The number of rotatable bonds is 7. The Morgan fingerprint density at radius 2 is 1.57 bits per heavy atom. The highest BCUT2D eigenvalue weighted by Crippen LogP contribution is 2.36. The summed E-state index contributed by atoms with van der Waals surface area (Å²) in [6, 6.07) is 36.1. The van der Waals surface area contributed by atoms with E-state index < -0.39 is 0 Å². The Hall–Kier alpha value is -4.35. The molecule has 1 amide bonds. The lowest BCUT2D eigenvalue weighted by atomic mass is 9.90. The maximum absolute atomic E-state index is 13.3. The highest BCUT2D eigenvalue weighted by molar-refractivity contribution is 5.88. The molecule has 6 rings (SSSR count). The molecule has 0 saturated heterocycles. The van der Waals surface area contributed by atoms with Gasteiger partial charge in [-0.25, -0.2) is 0 Å². The first-order valence-corrected chi connectivity index (χ1v) is 12.7. The summed E-state index contributed by atoms with van der Waals surface area (Å²) in [6.07, 6.45) is 0.626. The maximum Gasteiger partial charge on any atom is 0.237 e. The summed E-state index contributed by atoms with van der Waals surface area (Å²) in [7, 11) is 0. The van der Waals surface area contributed by atoms with E-state index in [9.17, 15) is 4.79 Å². The first kappa shape index (κ1) is 23.1. The summed E-state index contributed by atoms with van der Waals surface area (Å²) in [5.41, 5.74) is 6.64. The number of fused-ring (bicyclic) bond motifs is 3. The van der Waals surface area contributed by atoms with E-state index in [0.29, 0.717) is 19.6 Å². The minimum Gasteiger partial charge on any atom is -0.489 e. The Labute approximate surface area is 216 Å². The van der Waals surface area contributed by atoms with E-state index in [-0.39, 0.29) is 18.0 Å². The quantitative estimate of drug-likeness (QED) is 0.277. The van der Waals surface area contributed by atoms with Gasteiger partial charge in [0.25, 0.3) is 0 Å². The van der Waals surface area contributed by atoms with Crippen LogP contribution in [0.15, 0.2) is 109 Å². The largest absolute Gasteiger partial charge is 0.489 e. The SMILES string of the molecule is O=C(NCc1ccccc1)C1Cc2c([nH]c3ccccc23)C(c2cccc(OCc3ccccc3)c2)N1. The lowest BCUT2D eigenvalue weighted by molar-refractivity contribution is -0.123. The van der Waals surface area contributed by atoms with Crippen molar-refractivity contribution in [2.75, 3.05) is 0 Å². The Morgan fingerprint density at radius 3 is 2.38 bits per heavy atom. The molecule has 0 spiro atoms. The van der Waals surface area contributed by atoms with Gasteiger partial charge in [-0.15, -0.1) is 0 Å². The third-order valence-electron chi connectivity index (χ3n) is 6.98. The highest BCUT2D eigenvalue weighted by atomic mass is 16.5. The summed E-state index contributed by atoms with van der Waals surface area (Å²) < 4.78 is 6.12. The molecule has 4 aromatic carbocycles. The van der Waals surface area contributed by atoms with Crippen LogP contribution in [0.2, 0.25) is 0 Å². The summed E-state index contributed by atoms with van der Waals surface area (Å²) in [5, 5.41) is 7.92. The molecule has 2 heterocycles. The molecule has 5 aromatic rings. The Bertz CT molecular complexity index is 1510. The smallest absolute Gasteiger partial charge is 0.237 e. The number of ether oxygens (including phenoxy) is 1. The fourth-order valence-corrected chi connectivity index (χ4v) is 5.10. The minimum absolute atomic E-state index is 0.00117. The number of aromatic amines is 1. The van der Waals surface area contributed by atoms with Crippen molar-refractivity contribution in [3.63, 3.8) is 0 Å². The number of para-hydroxylation sites is 1. The second-order valence-corrected chi connectivity index (χ2v) is 9.47. The molecule has 0 aliphatic carbocycles. The van der Waals surface area contributed by atoms with Crippen LogP contribution in [0.3, 0.4) is 0 Å². The van der Waals surface area contributed by atoms with Crippen LogP contribution >= 0.6 is 0 Å². The van der Waals surface area contributed by atoms with E-state index in [4.69, 9.17) is 4.74 Å². The Kier molecular flexibility index (Phi) is 6.44. The number of H-pyrrole nitrogens is 1. The standard InChI is InChI=1S/C32H29N3O2/c36-32(33-20-22-10-3-1-4-11-22)29-19-27-26-16-7-8-17-28(26)34-31(27)30(35-29)24-14-9-15-25(18-24)37-21-23-12-5-2-6-13-23/h1-18,29-30,34-35H,19-21H2,(H,33,36). The van der Waals surface area contributed by atoms with Gasteiger partial charge >= 0.3 is 0 Å². The molecule has 5 nitrogen and oxygen atoms in total. The van der Waals surface area contributed by atoms with Crippen molar-refractivity contribution >= 4 is 16.8 Å². The number of nitrogens with one attached hydrogen (secondary N) is 3. The van der Waals surface area contributed by atoms with Crippen LogP contribution in [0, 0.1) is 0 Å². The molecule has 0 saturated carbocycles. The molecule has 3 N–H and O–H groups in total. The zero-order valence-electron chi connectivity index (χ0n) is 20.5. The fraction of sp³-hybridized carbons (Fsp3) is 0.156. The van der Waals surface area contributed by atoms with Gasteiger partial charge in [-0.1, -0.05) is 91.0 Å². The van der Waals surface area contributed by atoms with Crippen LogP contribution in [0.1, 0.15) is 34.0 Å². The topological polar surface area (TPSA) is 66.2 Å². The van der Waals surface area contributed by atoms with Gasteiger partial charge in [-0.05, 0) is 46.9 Å². The molecular formula is C32H29N3O2. The van der Waals surface area contributed by atoms with Gasteiger partial charge in [0.05, 0.1) is 12.1 Å². The van der Waals surface area contributed by atoms with Gasteiger partial charge in [-0.2, -0.15) is 0 Å². The zero-order valence-corrected chi connectivity index (χ0v) is 20.5. The van der Waals surface area contributed by atoms with Crippen molar-refractivity contribution in [2.24, 2.45) is 0 Å². The van der Waals surface area contributed by atoms with Crippen LogP contribution in [0.4, 0.5) is 0 Å². The number of aromatic nitrogens is 1. The highest BCUT2D eigenvalue weighted by Gasteiger charge is 2.34. The van der Waals surface area contributed by atoms with Crippen LogP contribution < -0.4 is 15.4 Å². The second kappa shape index (κ2) is 10.3. The molecule has 184 valence electrons. The number of hydrogen-bond acceptors (Lipinski definition) is 3. The number of benzene rings is 4. The first-order chi connectivity index (χ1) is 18.2. The molecule has 1 aliphatic heterocycles. The molecule has 0 bridgehead atoms. The molecular weight excluding hydrogens is 458 g/mol. The second-order valence-electron chi connectivity index (χ2n) is 9.47. The molecule has 5 heteroatoms. The van der Waals surface area contributed by atoms with Gasteiger partial charge in [0.1, 0.15) is 12.4 Å². The van der Waals surface area contributed by atoms with E-state index >= 15 is 0 Å². The summed E-state index contributed by atoms with van der Waals surface area (Å²) >= 11 is 0. The number of amides is 1. The van der Waals surface area contributed by atoms with Gasteiger partial charge < -0.3 is 15.0 Å². The predicted molar refractivity (Wildman–Crippen MR) is 146 cm³/mol. The molecule has 37 heavy (non-hydrogen) atoms. The van der Waals surface area contributed by atoms with Gasteiger partial charge in [0.2, 0.25) is 5.91 Å². The molecule has 2 unspecified atom stereocenters. The number of hydrogen-bond donors (Lipinski definition) is 3. The van der Waals surface area contributed by atoms with Crippen LogP contribution in [0.5, 0.6) is 5.75 Å². The van der Waals surface area contributed by atoms with E-state index in [2.05, 4.69) is 58.1 Å². The van der Waals surface area contributed by atoms with E-state index in [1.165, 1.54) is 10.9 Å². The number of carbonyl (C=O) groups is 1. The Balaban J connectivity index is 1.28. The van der Waals surface area contributed by atoms with Gasteiger partial charge in [0, 0.05) is 23.1 Å². The molecule has 0 radical (unpaired) electrons.